The third-order valence-electron chi connectivity index (χ3n) is 5.97. The van der Waals surface area contributed by atoms with Crippen LogP contribution in [0.2, 0.25) is 0 Å². The Hall–Kier alpha value is -3.63. The fraction of sp³-hybridized carbons (Fsp3) is 0.440. The van der Waals surface area contributed by atoms with Crippen molar-refractivity contribution in [1.29, 1.82) is 0 Å². The van der Waals surface area contributed by atoms with E-state index in [9.17, 15) is 32.7 Å². The highest BCUT2D eigenvalue weighted by atomic mass is 19.4. The number of methoxy groups -OCH3 is 1. The molecule has 0 bridgehead atoms. The number of aliphatic carboxylic acids is 1. The van der Waals surface area contributed by atoms with Crippen molar-refractivity contribution in [2.24, 2.45) is 0 Å². The van der Waals surface area contributed by atoms with Gasteiger partial charge in [0.15, 0.2) is 0 Å². The predicted molar refractivity (Wildman–Crippen MR) is 124 cm³/mol. The molecule has 0 saturated heterocycles. The minimum absolute atomic E-state index is 0.0174. The van der Waals surface area contributed by atoms with E-state index in [1.54, 1.807) is 0 Å². The lowest BCUT2D eigenvalue weighted by Gasteiger charge is -2.26. The van der Waals surface area contributed by atoms with Gasteiger partial charge in [-0.2, -0.15) is 13.2 Å². The standard InChI is InChI=1S/C25H29F3N2O6/c1-13(16-9-7-8-10-17(16)25(26,27)28)15(3)36-22(32)14(2)30-21(31)20-19(24(4,5)23(33)34)18(35-6)11-12-29-20/h7-15H,1-6H3,(H,30,31)(H,33,34)/t13-,14?,15+/m1/s1. The van der Waals surface area contributed by atoms with Crippen molar-refractivity contribution in [1.82, 2.24) is 10.3 Å². The molecule has 3 atom stereocenters. The van der Waals surface area contributed by atoms with E-state index in [0.717, 1.165) is 6.07 Å². The summed E-state index contributed by atoms with van der Waals surface area (Å²) in [6.45, 7) is 7.06. The summed E-state index contributed by atoms with van der Waals surface area (Å²) in [5, 5.41) is 12.1. The second-order valence-electron chi connectivity index (χ2n) is 8.88. The second-order valence-corrected chi connectivity index (χ2v) is 8.88. The zero-order valence-electron chi connectivity index (χ0n) is 20.8. The Morgan fingerprint density at radius 1 is 1.06 bits per heavy atom. The van der Waals surface area contributed by atoms with Crippen molar-refractivity contribution >= 4 is 17.8 Å². The summed E-state index contributed by atoms with van der Waals surface area (Å²) in [5.41, 5.74) is -2.63. The third kappa shape index (κ3) is 6.13. The zero-order chi connectivity index (χ0) is 27.4. The molecule has 11 heteroatoms. The summed E-state index contributed by atoms with van der Waals surface area (Å²) in [5.74, 6) is -3.61. The van der Waals surface area contributed by atoms with Gasteiger partial charge < -0.3 is 19.9 Å². The van der Waals surface area contributed by atoms with Crippen molar-refractivity contribution in [2.45, 2.75) is 64.3 Å². The van der Waals surface area contributed by atoms with Gasteiger partial charge in [0.05, 0.1) is 18.1 Å². The van der Waals surface area contributed by atoms with E-state index in [2.05, 4.69) is 10.3 Å². The molecule has 2 aromatic rings. The Morgan fingerprint density at radius 3 is 2.22 bits per heavy atom. The number of ether oxygens (including phenoxy) is 2. The van der Waals surface area contributed by atoms with Crippen LogP contribution in [0.5, 0.6) is 5.75 Å². The molecule has 1 amide bonds. The summed E-state index contributed by atoms with van der Waals surface area (Å²) in [6, 6.07) is 5.23. The van der Waals surface area contributed by atoms with Gasteiger partial charge in [-0.15, -0.1) is 0 Å². The SMILES string of the molecule is COc1ccnc(C(=O)NC(C)C(=O)O[C@@H](C)[C@@H](C)c2ccccc2C(F)(F)F)c1C(C)(C)C(=O)O. The number of carbonyl (C=O) groups is 3. The summed E-state index contributed by atoms with van der Waals surface area (Å²) < 4.78 is 50.7. The molecular weight excluding hydrogens is 481 g/mol. The van der Waals surface area contributed by atoms with Crippen LogP contribution in [-0.4, -0.2) is 47.2 Å². The first-order chi connectivity index (χ1) is 16.6. The molecule has 1 heterocycles. The van der Waals surface area contributed by atoms with Crippen molar-refractivity contribution in [3.05, 3.63) is 58.9 Å². The Bertz CT molecular complexity index is 1130. The number of amides is 1. The van der Waals surface area contributed by atoms with Crippen LogP contribution in [0.4, 0.5) is 13.2 Å². The molecule has 1 aromatic carbocycles. The predicted octanol–water partition coefficient (Wildman–Crippen LogP) is 4.32. The van der Waals surface area contributed by atoms with Gasteiger partial charge in [0.25, 0.3) is 5.91 Å². The maximum Gasteiger partial charge on any atom is 0.416 e. The van der Waals surface area contributed by atoms with E-state index in [1.807, 2.05) is 0 Å². The molecule has 0 aliphatic carbocycles. The molecule has 2 N–H and O–H groups in total. The van der Waals surface area contributed by atoms with E-state index < -0.39 is 53.1 Å². The number of esters is 1. The number of nitrogens with zero attached hydrogens (tertiary/aromatic N) is 1. The number of carbonyl (C=O) groups excluding carboxylic acids is 2. The number of aromatic nitrogens is 1. The molecule has 0 radical (unpaired) electrons. The lowest BCUT2D eigenvalue weighted by Crippen LogP contribution is -2.43. The van der Waals surface area contributed by atoms with Crippen LogP contribution in [-0.2, 0) is 25.9 Å². The van der Waals surface area contributed by atoms with Crippen molar-refractivity contribution in [3.63, 3.8) is 0 Å². The number of carboxylic acids is 1. The number of rotatable bonds is 9. The largest absolute Gasteiger partial charge is 0.496 e. The lowest BCUT2D eigenvalue weighted by atomic mass is 9.82. The number of alkyl halides is 3. The lowest BCUT2D eigenvalue weighted by molar-refractivity contribution is -0.151. The molecular formula is C25H29F3N2O6. The Labute approximate surface area is 206 Å². The van der Waals surface area contributed by atoms with Gasteiger partial charge in [0, 0.05) is 17.7 Å². The van der Waals surface area contributed by atoms with Gasteiger partial charge in [-0.25, -0.2) is 4.79 Å². The smallest absolute Gasteiger partial charge is 0.416 e. The first-order valence-electron chi connectivity index (χ1n) is 11.1. The first-order valence-corrected chi connectivity index (χ1v) is 11.1. The van der Waals surface area contributed by atoms with Crippen LogP contribution < -0.4 is 10.1 Å². The minimum Gasteiger partial charge on any atom is -0.496 e. The monoisotopic (exact) mass is 510 g/mol. The van der Waals surface area contributed by atoms with Crippen molar-refractivity contribution in [3.8, 4) is 5.75 Å². The molecule has 0 saturated carbocycles. The van der Waals surface area contributed by atoms with E-state index in [0.29, 0.717) is 0 Å². The quantitative estimate of drug-likeness (QED) is 0.483. The molecule has 0 spiro atoms. The topological polar surface area (TPSA) is 115 Å². The first kappa shape index (κ1) is 28.6. The molecule has 1 aromatic heterocycles. The van der Waals surface area contributed by atoms with Crippen LogP contribution in [0, 0.1) is 0 Å². The van der Waals surface area contributed by atoms with Crippen molar-refractivity contribution < 1.29 is 42.1 Å². The van der Waals surface area contributed by atoms with E-state index in [-0.39, 0.29) is 22.6 Å². The number of nitrogens with one attached hydrogen (secondary N) is 1. The van der Waals surface area contributed by atoms with Gasteiger partial charge in [-0.3, -0.25) is 14.6 Å². The second kappa shape index (κ2) is 11.0. The average Bonchev–Trinajstić information content (AvgIpc) is 2.81. The number of carboxylic acid groups (broad SMARTS) is 1. The van der Waals surface area contributed by atoms with Crippen LogP contribution >= 0.6 is 0 Å². The van der Waals surface area contributed by atoms with E-state index >= 15 is 0 Å². The summed E-state index contributed by atoms with van der Waals surface area (Å²) in [7, 11) is 1.32. The normalized spacial score (nSPS) is 14.4. The molecule has 36 heavy (non-hydrogen) atoms. The van der Waals surface area contributed by atoms with Crippen LogP contribution in [0.25, 0.3) is 0 Å². The minimum atomic E-state index is -4.57. The number of hydrogen-bond acceptors (Lipinski definition) is 6. The van der Waals surface area contributed by atoms with Gasteiger partial charge in [-0.05, 0) is 45.4 Å². The number of hydrogen-bond donors (Lipinski definition) is 2. The van der Waals surface area contributed by atoms with Crippen LogP contribution in [0.1, 0.15) is 67.7 Å². The highest BCUT2D eigenvalue weighted by molar-refractivity contribution is 5.99. The Balaban J connectivity index is 2.21. The van der Waals surface area contributed by atoms with Gasteiger partial charge in [-0.1, -0.05) is 25.1 Å². The third-order valence-corrected chi connectivity index (χ3v) is 5.97. The molecule has 0 aliphatic rings. The van der Waals surface area contributed by atoms with Gasteiger partial charge >= 0.3 is 18.1 Å². The number of halogens is 3. The maximum atomic E-state index is 13.4. The average molecular weight is 511 g/mol. The highest BCUT2D eigenvalue weighted by Crippen LogP contribution is 2.37. The van der Waals surface area contributed by atoms with Crippen molar-refractivity contribution in [2.75, 3.05) is 7.11 Å². The molecule has 8 nitrogen and oxygen atoms in total. The summed E-state index contributed by atoms with van der Waals surface area (Å²) in [6.07, 6.45) is -4.25. The highest BCUT2D eigenvalue weighted by Gasteiger charge is 2.38. The fourth-order valence-electron chi connectivity index (χ4n) is 3.61. The number of benzene rings is 1. The maximum absolute atomic E-state index is 13.4. The van der Waals surface area contributed by atoms with Crippen LogP contribution in [0.3, 0.4) is 0 Å². The van der Waals surface area contributed by atoms with Gasteiger partial charge in [0.1, 0.15) is 23.6 Å². The Kier molecular flexibility index (Phi) is 8.71. The summed E-state index contributed by atoms with van der Waals surface area (Å²) in [4.78, 5) is 41.4. The molecule has 0 aliphatic heterocycles. The number of pyridine rings is 1. The van der Waals surface area contributed by atoms with Gasteiger partial charge in [0.2, 0.25) is 0 Å². The fourth-order valence-corrected chi connectivity index (χ4v) is 3.61. The molecule has 2 rings (SSSR count). The Morgan fingerprint density at radius 2 is 1.67 bits per heavy atom. The molecule has 0 fully saturated rings. The summed E-state index contributed by atoms with van der Waals surface area (Å²) >= 11 is 0. The zero-order valence-corrected chi connectivity index (χ0v) is 20.8. The van der Waals surface area contributed by atoms with Crippen LogP contribution in [0.15, 0.2) is 36.5 Å². The van der Waals surface area contributed by atoms with E-state index in [1.165, 1.54) is 72.2 Å². The molecule has 196 valence electrons. The van der Waals surface area contributed by atoms with E-state index in [4.69, 9.17) is 9.47 Å². The molecule has 1 unspecified atom stereocenters.